The van der Waals surface area contributed by atoms with E-state index < -0.39 is 28.9 Å². The lowest BCUT2D eigenvalue weighted by molar-refractivity contribution is -0.139. The number of aromatic nitrogens is 4. The molecule has 3 N–H and O–H groups in total. The van der Waals surface area contributed by atoms with Crippen LogP contribution in [0.25, 0.3) is 0 Å². The largest absolute Gasteiger partial charge is 0.467 e. The van der Waals surface area contributed by atoms with E-state index in [1.165, 1.54) is 19.6 Å². The third kappa shape index (κ3) is 7.23. The van der Waals surface area contributed by atoms with E-state index in [2.05, 4.69) is 25.3 Å². The average molecular weight is 725 g/mol. The first-order chi connectivity index (χ1) is 23.8. The highest BCUT2D eigenvalue weighted by Gasteiger charge is 2.40. The van der Waals surface area contributed by atoms with E-state index in [0.717, 1.165) is 49.3 Å². The molecule has 6 heterocycles. The Kier molecular flexibility index (Phi) is 10.2. The molecule has 2 fully saturated rings. The molecule has 0 saturated carbocycles. The number of benzene rings is 1. The van der Waals surface area contributed by atoms with Gasteiger partial charge in [0.05, 0.1) is 48.3 Å². The van der Waals surface area contributed by atoms with Crippen LogP contribution in [0.5, 0.6) is 6.01 Å². The van der Waals surface area contributed by atoms with Gasteiger partial charge in [0.2, 0.25) is 0 Å². The number of methoxy groups -OCH3 is 1. The van der Waals surface area contributed by atoms with E-state index in [1.54, 1.807) is 7.05 Å². The summed E-state index contributed by atoms with van der Waals surface area (Å²) >= 11 is 5.97. The SMILES string of the molecule is CNC(=O)c1nn2c(c1C)CN(c1nc(OC)nc3c1COC(c1cc(N)cc(Cl)c1C(F)(F)F)C3)CCC2.FC(F)=CC1CC2CCN2C1. The maximum absolute atomic E-state index is 13.9. The molecule has 0 spiro atoms. The number of aryl methyl sites for hydroxylation is 1. The van der Waals surface area contributed by atoms with Crippen LogP contribution in [-0.4, -0.2) is 70.4 Å². The predicted molar refractivity (Wildman–Crippen MR) is 175 cm³/mol. The molecule has 1 amide bonds. The van der Waals surface area contributed by atoms with Gasteiger partial charge in [-0.1, -0.05) is 11.6 Å². The third-order valence-electron chi connectivity index (χ3n) is 9.69. The van der Waals surface area contributed by atoms with E-state index in [-0.39, 0.29) is 42.1 Å². The van der Waals surface area contributed by atoms with Crippen LogP contribution in [-0.2, 0) is 37.0 Å². The summed E-state index contributed by atoms with van der Waals surface area (Å²) in [5.41, 5.74) is 8.01. The lowest BCUT2D eigenvalue weighted by atomic mass is 9.94. The Hall–Kier alpha value is -4.02. The van der Waals surface area contributed by atoms with Crippen LogP contribution in [0.4, 0.5) is 33.5 Å². The van der Waals surface area contributed by atoms with Gasteiger partial charge in [-0.2, -0.15) is 37.0 Å². The van der Waals surface area contributed by atoms with Crippen molar-refractivity contribution in [3.05, 3.63) is 68.6 Å². The molecule has 0 bridgehead atoms. The Morgan fingerprint density at radius 1 is 1.20 bits per heavy atom. The fourth-order valence-corrected chi connectivity index (χ4v) is 7.51. The summed E-state index contributed by atoms with van der Waals surface area (Å²) in [4.78, 5) is 25.7. The quantitative estimate of drug-likeness (QED) is 0.253. The number of fused-ring (bicyclic) bond motifs is 3. The number of ether oxygens (including phenoxy) is 2. The molecular weight excluding hydrogens is 687 g/mol. The molecule has 270 valence electrons. The zero-order valence-electron chi connectivity index (χ0n) is 27.8. The van der Waals surface area contributed by atoms with E-state index in [9.17, 15) is 26.7 Å². The number of rotatable bonds is 5. The number of nitrogens with one attached hydrogen (secondary N) is 1. The molecule has 0 aliphatic carbocycles. The maximum Gasteiger partial charge on any atom is 0.418 e. The second-order valence-electron chi connectivity index (χ2n) is 12.8. The number of alkyl halides is 3. The van der Waals surface area contributed by atoms with Gasteiger partial charge < -0.3 is 25.4 Å². The van der Waals surface area contributed by atoms with Gasteiger partial charge in [-0.3, -0.25) is 14.4 Å². The van der Waals surface area contributed by atoms with Gasteiger partial charge in [0.1, 0.15) is 5.82 Å². The Balaban J connectivity index is 0.000000331. The van der Waals surface area contributed by atoms with Gasteiger partial charge in [0, 0.05) is 56.0 Å². The number of amides is 1. The van der Waals surface area contributed by atoms with Crippen LogP contribution in [0, 0.1) is 12.8 Å². The topological polar surface area (TPSA) is 124 Å². The normalized spacial score (nSPS) is 21.5. The molecule has 7 rings (SSSR count). The standard InChI is InChI=1S/C25H27ClF3N7O3.C8H11F2N/c1-12-18-10-35(5-4-6-36(18)34-21(12)23(37)31-2)22-15-11-39-19(9-17(15)32-24(33-22)38-3)14-7-13(30)8-16(26)20(14)25(27,28)29;9-8(10)4-6-3-7-1-2-11(7)5-6/h7-8,19H,4-6,9-11,30H2,1-3H3,(H,31,37);4,6-7H,1-3,5H2. The van der Waals surface area contributed by atoms with Gasteiger partial charge in [-0.05, 0) is 62.4 Å². The summed E-state index contributed by atoms with van der Waals surface area (Å²) in [6.45, 7) is 5.44. The molecule has 50 heavy (non-hydrogen) atoms. The second kappa shape index (κ2) is 14.3. The first-order valence-electron chi connectivity index (χ1n) is 16.3. The van der Waals surface area contributed by atoms with Crippen LogP contribution in [0.3, 0.4) is 0 Å². The molecular formula is C33H38ClF5N8O3. The molecule has 3 atom stereocenters. The minimum Gasteiger partial charge on any atom is -0.467 e. The van der Waals surface area contributed by atoms with Crippen molar-refractivity contribution in [2.24, 2.45) is 5.92 Å². The molecule has 0 radical (unpaired) electrons. The number of carbonyl (C=O) groups is 1. The Labute approximate surface area is 290 Å². The van der Waals surface area contributed by atoms with Crippen molar-refractivity contribution in [2.75, 3.05) is 44.4 Å². The van der Waals surface area contributed by atoms with Gasteiger partial charge >= 0.3 is 12.2 Å². The molecule has 1 aromatic carbocycles. The van der Waals surface area contributed by atoms with Crippen molar-refractivity contribution >= 4 is 29.0 Å². The van der Waals surface area contributed by atoms with Crippen molar-refractivity contribution in [3.8, 4) is 6.01 Å². The first kappa shape index (κ1) is 35.8. The Morgan fingerprint density at radius 2 is 1.98 bits per heavy atom. The number of anilines is 2. The number of halogens is 6. The van der Waals surface area contributed by atoms with E-state index >= 15 is 0 Å². The molecule has 2 saturated heterocycles. The van der Waals surface area contributed by atoms with Crippen molar-refractivity contribution in [1.82, 2.24) is 30.0 Å². The van der Waals surface area contributed by atoms with Crippen molar-refractivity contribution in [3.63, 3.8) is 0 Å². The number of hydrogen-bond donors (Lipinski definition) is 2. The minimum atomic E-state index is -4.70. The summed E-state index contributed by atoms with van der Waals surface area (Å²) in [7, 11) is 2.99. The van der Waals surface area contributed by atoms with Crippen molar-refractivity contribution in [1.29, 1.82) is 0 Å². The molecule has 11 nitrogen and oxygen atoms in total. The van der Waals surface area contributed by atoms with Gasteiger partial charge in [0.25, 0.3) is 12.0 Å². The van der Waals surface area contributed by atoms with E-state index in [4.69, 9.17) is 26.8 Å². The second-order valence-corrected chi connectivity index (χ2v) is 13.2. The number of nitrogen functional groups attached to an aromatic ring is 1. The van der Waals surface area contributed by atoms with Crippen LogP contribution in [0.2, 0.25) is 5.02 Å². The first-order valence-corrected chi connectivity index (χ1v) is 16.7. The highest BCUT2D eigenvalue weighted by Crippen LogP contribution is 2.44. The average Bonchev–Trinajstić information content (AvgIpc) is 3.40. The lowest BCUT2D eigenvalue weighted by Crippen LogP contribution is -2.42. The minimum absolute atomic E-state index is 0.0265. The summed E-state index contributed by atoms with van der Waals surface area (Å²) < 4.78 is 78.5. The number of nitrogens with two attached hydrogens (primary N) is 1. The number of nitrogens with zero attached hydrogens (tertiary/aromatic N) is 6. The highest BCUT2D eigenvalue weighted by molar-refractivity contribution is 6.31. The predicted octanol–water partition coefficient (Wildman–Crippen LogP) is 5.69. The van der Waals surface area contributed by atoms with Crippen molar-refractivity contribution < 1.29 is 36.2 Å². The van der Waals surface area contributed by atoms with Crippen LogP contribution in [0.15, 0.2) is 24.3 Å². The lowest BCUT2D eigenvalue weighted by Gasteiger charge is -2.34. The molecule has 2 aromatic heterocycles. The zero-order valence-corrected chi connectivity index (χ0v) is 28.5. The Morgan fingerprint density at radius 3 is 2.60 bits per heavy atom. The monoisotopic (exact) mass is 724 g/mol. The summed E-state index contributed by atoms with van der Waals surface area (Å²) in [6.07, 6.45) is -3.17. The van der Waals surface area contributed by atoms with Gasteiger partial charge in [-0.25, -0.2) is 0 Å². The third-order valence-corrected chi connectivity index (χ3v) is 9.98. The Bertz CT molecular complexity index is 1790. The maximum atomic E-state index is 13.9. The molecule has 4 aliphatic rings. The van der Waals surface area contributed by atoms with E-state index in [1.807, 2.05) is 16.5 Å². The van der Waals surface area contributed by atoms with E-state index in [0.29, 0.717) is 48.4 Å². The number of carbonyl (C=O) groups excluding carboxylic acids is 1. The number of hydrogen-bond acceptors (Lipinski definition) is 9. The van der Waals surface area contributed by atoms with Gasteiger partial charge in [0.15, 0.2) is 5.69 Å². The fraction of sp³-hybridized carbons (Fsp3) is 0.515. The van der Waals surface area contributed by atoms with Crippen LogP contribution >= 0.6 is 11.6 Å². The van der Waals surface area contributed by atoms with Crippen LogP contribution < -0.4 is 20.7 Å². The fourth-order valence-electron chi connectivity index (χ4n) is 7.17. The molecule has 3 unspecified atom stereocenters. The molecule has 4 aliphatic heterocycles. The summed E-state index contributed by atoms with van der Waals surface area (Å²) in [5.74, 6) is 0.417. The highest BCUT2D eigenvalue weighted by atomic mass is 35.5. The molecule has 17 heteroatoms. The van der Waals surface area contributed by atoms with Crippen LogP contribution in [0.1, 0.15) is 69.5 Å². The smallest absolute Gasteiger partial charge is 0.418 e. The summed E-state index contributed by atoms with van der Waals surface area (Å²) in [5, 5.41) is 6.63. The summed E-state index contributed by atoms with van der Waals surface area (Å²) in [6, 6.07) is 3.03. The molecule has 3 aromatic rings. The van der Waals surface area contributed by atoms with Crippen molar-refractivity contribution in [2.45, 2.75) is 70.6 Å². The zero-order chi connectivity index (χ0) is 35.9. The van der Waals surface area contributed by atoms with Gasteiger partial charge in [-0.15, -0.1) is 0 Å².